The Morgan fingerprint density at radius 2 is 2.30 bits per heavy atom. The van der Waals surface area contributed by atoms with Gasteiger partial charge in [-0.05, 0) is 37.8 Å². The van der Waals surface area contributed by atoms with Crippen LogP contribution >= 0.6 is 11.3 Å². The van der Waals surface area contributed by atoms with E-state index in [0.29, 0.717) is 12.3 Å². The van der Waals surface area contributed by atoms with Crippen molar-refractivity contribution >= 4 is 17.2 Å². The minimum absolute atomic E-state index is 0.243. The van der Waals surface area contributed by atoms with Gasteiger partial charge in [0.05, 0.1) is 10.7 Å². The highest BCUT2D eigenvalue weighted by molar-refractivity contribution is 7.09. The fourth-order valence-electron chi connectivity index (χ4n) is 3.02. The lowest BCUT2D eigenvalue weighted by Gasteiger charge is -2.32. The van der Waals surface area contributed by atoms with Crippen LogP contribution in [0, 0.1) is 0 Å². The number of rotatable bonds is 5. The first kappa shape index (κ1) is 16.1. The number of amides is 1. The molecule has 1 fully saturated rings. The summed E-state index contributed by atoms with van der Waals surface area (Å²) in [6.07, 6.45) is 6.24. The van der Waals surface area contributed by atoms with Crippen molar-refractivity contribution in [3.05, 3.63) is 46.2 Å². The average molecular weight is 329 g/mol. The molecule has 1 saturated heterocycles. The van der Waals surface area contributed by atoms with Gasteiger partial charge in [0.15, 0.2) is 0 Å². The summed E-state index contributed by atoms with van der Waals surface area (Å²) in [6, 6.07) is 5.85. The summed E-state index contributed by atoms with van der Waals surface area (Å²) in [7, 11) is 0. The van der Waals surface area contributed by atoms with Crippen LogP contribution in [0.25, 0.3) is 0 Å². The summed E-state index contributed by atoms with van der Waals surface area (Å²) in [5.74, 6) is 0.653. The lowest BCUT2D eigenvalue weighted by molar-refractivity contribution is -0.132. The first-order valence-corrected chi connectivity index (χ1v) is 9.26. The number of likely N-dealkylation sites (tertiary alicyclic amines) is 1. The first-order chi connectivity index (χ1) is 11.3. The van der Waals surface area contributed by atoms with Crippen molar-refractivity contribution in [2.45, 2.75) is 44.9 Å². The quantitative estimate of drug-likeness (QED) is 0.844. The summed E-state index contributed by atoms with van der Waals surface area (Å²) in [4.78, 5) is 23.5. The Hall–Kier alpha value is -1.75. The van der Waals surface area contributed by atoms with Gasteiger partial charge >= 0.3 is 0 Å². The Bertz CT molecular complexity index is 641. The third-order valence-corrected chi connectivity index (χ3v) is 5.43. The third-order valence-electron chi connectivity index (χ3n) is 4.38. The molecule has 0 bridgehead atoms. The fourth-order valence-corrected chi connectivity index (χ4v) is 4.05. The monoisotopic (exact) mass is 329 g/mol. The van der Waals surface area contributed by atoms with Crippen molar-refractivity contribution in [2.75, 3.05) is 13.1 Å². The molecule has 0 radical (unpaired) electrons. The van der Waals surface area contributed by atoms with Crippen LogP contribution in [0.4, 0.5) is 0 Å². The number of pyridine rings is 1. The predicted molar refractivity (Wildman–Crippen MR) is 92.6 cm³/mol. The zero-order chi connectivity index (χ0) is 16.1. The molecule has 0 aromatic carbocycles. The summed E-state index contributed by atoms with van der Waals surface area (Å²) >= 11 is 1.75. The molecule has 1 aliphatic heterocycles. The highest BCUT2D eigenvalue weighted by Gasteiger charge is 2.26. The predicted octanol–water partition coefficient (Wildman–Crippen LogP) is 3.44. The second-order valence-electron chi connectivity index (χ2n) is 6.03. The smallest absolute Gasteiger partial charge is 0.222 e. The maximum Gasteiger partial charge on any atom is 0.222 e. The van der Waals surface area contributed by atoms with Gasteiger partial charge in [0.2, 0.25) is 5.91 Å². The molecule has 2 aromatic rings. The molecular formula is C18H23N3OS. The van der Waals surface area contributed by atoms with Crippen LogP contribution < -0.4 is 0 Å². The van der Waals surface area contributed by atoms with E-state index in [1.165, 1.54) is 10.7 Å². The Morgan fingerprint density at radius 1 is 1.39 bits per heavy atom. The largest absolute Gasteiger partial charge is 0.342 e. The standard InChI is InChI=1S/C18H23N3OS/c1-2-15-13-23-18(20-15)14-6-5-11-21(12-14)17(22)9-8-16-7-3-4-10-19-16/h3-4,7,10,13-14H,2,5-6,8-9,11-12H2,1H3/t14-/m0/s1. The number of aryl methyl sites for hydroxylation is 2. The molecule has 3 heterocycles. The number of hydrogen-bond donors (Lipinski definition) is 0. The molecule has 5 heteroatoms. The molecule has 4 nitrogen and oxygen atoms in total. The maximum absolute atomic E-state index is 12.5. The molecule has 2 aromatic heterocycles. The van der Waals surface area contributed by atoms with Crippen molar-refractivity contribution in [2.24, 2.45) is 0 Å². The van der Waals surface area contributed by atoms with Crippen LogP contribution in [0.2, 0.25) is 0 Å². The molecule has 0 spiro atoms. The van der Waals surface area contributed by atoms with E-state index in [0.717, 1.165) is 44.5 Å². The molecule has 1 amide bonds. The number of carbonyl (C=O) groups excluding carboxylic acids is 1. The minimum Gasteiger partial charge on any atom is -0.342 e. The Morgan fingerprint density at radius 3 is 3.04 bits per heavy atom. The topological polar surface area (TPSA) is 46.1 Å². The van der Waals surface area contributed by atoms with E-state index in [-0.39, 0.29) is 5.91 Å². The number of thiazole rings is 1. The fraction of sp³-hybridized carbons (Fsp3) is 0.500. The maximum atomic E-state index is 12.5. The molecule has 23 heavy (non-hydrogen) atoms. The van der Waals surface area contributed by atoms with Crippen molar-refractivity contribution in [1.29, 1.82) is 0 Å². The van der Waals surface area contributed by atoms with Gasteiger partial charge in [0.25, 0.3) is 0 Å². The first-order valence-electron chi connectivity index (χ1n) is 8.38. The van der Waals surface area contributed by atoms with E-state index >= 15 is 0 Å². The Balaban J connectivity index is 1.56. The van der Waals surface area contributed by atoms with Crippen LogP contribution in [0.1, 0.15) is 48.5 Å². The van der Waals surface area contributed by atoms with Gasteiger partial charge in [-0.15, -0.1) is 11.3 Å². The molecule has 122 valence electrons. The van der Waals surface area contributed by atoms with E-state index < -0.39 is 0 Å². The van der Waals surface area contributed by atoms with E-state index in [9.17, 15) is 4.79 Å². The van der Waals surface area contributed by atoms with Gasteiger partial charge in [-0.25, -0.2) is 4.98 Å². The van der Waals surface area contributed by atoms with E-state index in [4.69, 9.17) is 4.98 Å². The van der Waals surface area contributed by atoms with Crippen molar-refractivity contribution in [3.8, 4) is 0 Å². The van der Waals surface area contributed by atoms with Gasteiger partial charge in [0, 0.05) is 42.7 Å². The number of piperidine rings is 1. The molecular weight excluding hydrogens is 306 g/mol. The number of nitrogens with zero attached hydrogens (tertiary/aromatic N) is 3. The Kier molecular flexibility index (Phi) is 5.39. The van der Waals surface area contributed by atoms with E-state index in [2.05, 4.69) is 17.3 Å². The van der Waals surface area contributed by atoms with Crippen molar-refractivity contribution in [3.63, 3.8) is 0 Å². The third kappa shape index (κ3) is 4.16. The van der Waals surface area contributed by atoms with Crippen LogP contribution in [-0.4, -0.2) is 33.9 Å². The summed E-state index contributed by atoms with van der Waals surface area (Å²) in [5, 5.41) is 3.35. The van der Waals surface area contributed by atoms with Crippen LogP contribution in [0.5, 0.6) is 0 Å². The number of aromatic nitrogens is 2. The molecule has 1 atom stereocenters. The second kappa shape index (κ2) is 7.68. The lowest BCUT2D eigenvalue weighted by atomic mass is 9.98. The van der Waals surface area contributed by atoms with Gasteiger partial charge in [-0.3, -0.25) is 9.78 Å². The van der Waals surface area contributed by atoms with E-state index in [1.54, 1.807) is 17.5 Å². The van der Waals surface area contributed by atoms with Crippen molar-refractivity contribution in [1.82, 2.24) is 14.9 Å². The van der Waals surface area contributed by atoms with Crippen LogP contribution in [0.15, 0.2) is 29.8 Å². The average Bonchev–Trinajstić information content (AvgIpc) is 3.10. The zero-order valence-corrected chi connectivity index (χ0v) is 14.4. The van der Waals surface area contributed by atoms with Crippen LogP contribution in [-0.2, 0) is 17.6 Å². The highest BCUT2D eigenvalue weighted by atomic mass is 32.1. The lowest BCUT2D eigenvalue weighted by Crippen LogP contribution is -2.39. The van der Waals surface area contributed by atoms with Crippen molar-refractivity contribution < 1.29 is 4.79 Å². The summed E-state index contributed by atoms with van der Waals surface area (Å²) in [5.41, 5.74) is 2.16. The van der Waals surface area contributed by atoms with E-state index in [1.807, 2.05) is 23.1 Å². The highest BCUT2D eigenvalue weighted by Crippen LogP contribution is 2.29. The molecule has 3 rings (SSSR count). The Labute approximate surface area is 141 Å². The van der Waals surface area contributed by atoms with Gasteiger partial charge < -0.3 is 4.90 Å². The summed E-state index contributed by atoms with van der Waals surface area (Å²) in [6.45, 7) is 3.83. The molecule has 0 saturated carbocycles. The normalized spacial score (nSPS) is 18.1. The summed E-state index contributed by atoms with van der Waals surface area (Å²) < 4.78 is 0. The van der Waals surface area contributed by atoms with Gasteiger partial charge in [-0.1, -0.05) is 13.0 Å². The SMILES string of the molecule is CCc1csc([C@H]2CCCN(C(=O)CCc3ccccn3)C2)n1. The number of hydrogen-bond acceptors (Lipinski definition) is 4. The minimum atomic E-state index is 0.243. The second-order valence-corrected chi connectivity index (χ2v) is 6.92. The molecule has 0 aliphatic carbocycles. The zero-order valence-electron chi connectivity index (χ0n) is 13.6. The van der Waals surface area contributed by atoms with Gasteiger partial charge in [0.1, 0.15) is 0 Å². The van der Waals surface area contributed by atoms with Crippen LogP contribution in [0.3, 0.4) is 0 Å². The molecule has 0 N–H and O–H groups in total. The molecule has 1 aliphatic rings. The number of carbonyl (C=O) groups is 1. The molecule has 0 unspecified atom stereocenters. The van der Waals surface area contributed by atoms with Gasteiger partial charge in [-0.2, -0.15) is 0 Å².